The summed E-state index contributed by atoms with van der Waals surface area (Å²) < 4.78 is 0. The Morgan fingerprint density at radius 1 is 1.12 bits per heavy atom. The Labute approximate surface area is 103 Å². The lowest BCUT2D eigenvalue weighted by molar-refractivity contribution is 0.0997. The highest BCUT2D eigenvalue weighted by Crippen LogP contribution is 2.26. The van der Waals surface area contributed by atoms with Crippen LogP contribution in [0.1, 0.15) is 63.4 Å². The van der Waals surface area contributed by atoms with E-state index in [1.807, 2.05) is 41.5 Å². The lowest BCUT2D eigenvalue weighted by Crippen LogP contribution is -2.27. The van der Waals surface area contributed by atoms with Crippen LogP contribution in [-0.4, -0.2) is 15.9 Å². The van der Waals surface area contributed by atoms with Crippen LogP contribution in [-0.2, 0) is 10.8 Å². The molecule has 0 spiro atoms. The van der Waals surface area contributed by atoms with Crippen LogP contribution in [0.3, 0.4) is 0 Å². The van der Waals surface area contributed by atoms with Crippen LogP contribution >= 0.6 is 0 Å². The van der Waals surface area contributed by atoms with Gasteiger partial charge in [-0.3, -0.25) is 4.79 Å². The number of nitrogens with two attached hydrogens (primary N) is 1. The zero-order chi connectivity index (χ0) is 13.4. The van der Waals surface area contributed by atoms with Crippen molar-refractivity contribution in [3.05, 3.63) is 23.3 Å². The van der Waals surface area contributed by atoms with Crippen LogP contribution in [0, 0.1) is 0 Å². The Hall–Kier alpha value is -1.45. The molecule has 1 aromatic heterocycles. The van der Waals surface area contributed by atoms with E-state index < -0.39 is 5.91 Å². The monoisotopic (exact) mass is 235 g/mol. The number of primary amides is 1. The van der Waals surface area contributed by atoms with Crippen molar-refractivity contribution in [1.29, 1.82) is 0 Å². The second kappa shape index (κ2) is 4.09. The minimum atomic E-state index is -0.476. The number of hydrogen-bond acceptors (Lipinski definition) is 3. The minimum absolute atomic E-state index is 0.143. The Morgan fingerprint density at radius 2 is 1.65 bits per heavy atom. The van der Waals surface area contributed by atoms with Crippen molar-refractivity contribution in [2.75, 3.05) is 0 Å². The van der Waals surface area contributed by atoms with E-state index in [-0.39, 0.29) is 10.8 Å². The maximum atomic E-state index is 11.4. The van der Waals surface area contributed by atoms with Crippen molar-refractivity contribution in [1.82, 2.24) is 9.97 Å². The van der Waals surface area contributed by atoms with Crippen LogP contribution in [0.15, 0.2) is 6.20 Å². The Morgan fingerprint density at radius 3 is 2.00 bits per heavy atom. The highest BCUT2D eigenvalue weighted by atomic mass is 16.1. The molecule has 0 saturated heterocycles. The van der Waals surface area contributed by atoms with Gasteiger partial charge in [0.1, 0.15) is 5.82 Å². The summed E-state index contributed by atoms with van der Waals surface area (Å²) in [6.07, 6.45) is 1.54. The Balaban J connectivity index is 3.46. The summed E-state index contributed by atoms with van der Waals surface area (Å²) in [5.74, 6) is 0.253. The lowest BCUT2D eigenvalue weighted by Gasteiger charge is -2.24. The SMILES string of the molecule is CC(C)(C)c1ncc(C(N)=O)c(C(C)(C)C)n1. The van der Waals surface area contributed by atoms with Crippen LogP contribution in [0.5, 0.6) is 0 Å². The van der Waals surface area contributed by atoms with Crippen LogP contribution in [0.2, 0.25) is 0 Å². The summed E-state index contributed by atoms with van der Waals surface area (Å²) in [4.78, 5) is 20.1. The van der Waals surface area contributed by atoms with Crippen molar-refractivity contribution < 1.29 is 4.79 Å². The second-order valence-electron chi connectivity index (χ2n) is 6.32. The number of amides is 1. The molecule has 4 nitrogen and oxygen atoms in total. The van der Waals surface area contributed by atoms with Gasteiger partial charge in [0, 0.05) is 17.0 Å². The normalized spacial score (nSPS) is 12.6. The van der Waals surface area contributed by atoms with E-state index >= 15 is 0 Å². The molecule has 0 atom stereocenters. The first-order chi connectivity index (χ1) is 7.53. The maximum Gasteiger partial charge on any atom is 0.252 e. The Kier molecular flexibility index (Phi) is 3.28. The molecular weight excluding hydrogens is 214 g/mol. The molecule has 0 radical (unpaired) electrons. The molecule has 17 heavy (non-hydrogen) atoms. The van der Waals surface area contributed by atoms with Gasteiger partial charge in [0.15, 0.2) is 0 Å². The predicted molar refractivity (Wildman–Crippen MR) is 67.9 cm³/mol. The van der Waals surface area contributed by atoms with E-state index in [9.17, 15) is 4.79 Å². The van der Waals surface area contributed by atoms with Crippen molar-refractivity contribution >= 4 is 5.91 Å². The van der Waals surface area contributed by atoms with Gasteiger partial charge in [0.25, 0.3) is 5.91 Å². The molecule has 0 aliphatic heterocycles. The van der Waals surface area contributed by atoms with Gasteiger partial charge in [-0.25, -0.2) is 9.97 Å². The number of carbonyl (C=O) groups excluding carboxylic acids is 1. The molecule has 94 valence electrons. The molecule has 0 unspecified atom stereocenters. The number of aromatic nitrogens is 2. The molecule has 0 saturated carbocycles. The van der Waals surface area contributed by atoms with Gasteiger partial charge >= 0.3 is 0 Å². The van der Waals surface area contributed by atoms with E-state index in [4.69, 9.17) is 5.73 Å². The largest absolute Gasteiger partial charge is 0.365 e. The first-order valence-electron chi connectivity index (χ1n) is 5.71. The zero-order valence-electron chi connectivity index (χ0n) is 11.5. The third-order valence-corrected chi connectivity index (χ3v) is 2.44. The summed E-state index contributed by atoms with van der Waals surface area (Å²) in [7, 11) is 0. The molecule has 0 bridgehead atoms. The van der Waals surface area contributed by atoms with Crippen LogP contribution in [0.4, 0.5) is 0 Å². The second-order valence-corrected chi connectivity index (χ2v) is 6.32. The third-order valence-electron chi connectivity index (χ3n) is 2.44. The van der Waals surface area contributed by atoms with Crippen molar-refractivity contribution in [2.24, 2.45) is 5.73 Å². The van der Waals surface area contributed by atoms with Gasteiger partial charge in [-0.05, 0) is 0 Å². The summed E-state index contributed by atoms with van der Waals surface area (Å²) in [5, 5.41) is 0. The van der Waals surface area contributed by atoms with Gasteiger partial charge in [0.05, 0.1) is 11.3 Å². The molecule has 4 heteroatoms. The summed E-state index contributed by atoms with van der Waals surface area (Å²) in [6.45, 7) is 12.1. The van der Waals surface area contributed by atoms with Gasteiger partial charge in [0.2, 0.25) is 0 Å². The van der Waals surface area contributed by atoms with E-state index in [1.54, 1.807) is 0 Å². The standard InChI is InChI=1S/C13H21N3O/c1-12(2,3)9-8(10(14)17)7-15-11(16-9)13(4,5)6/h7H,1-6H3,(H2,14,17). The number of nitrogens with zero attached hydrogens (tertiary/aromatic N) is 2. The molecule has 0 aromatic carbocycles. The smallest absolute Gasteiger partial charge is 0.252 e. The summed E-state index contributed by atoms with van der Waals surface area (Å²) in [6, 6.07) is 0. The molecule has 2 N–H and O–H groups in total. The van der Waals surface area contributed by atoms with E-state index in [2.05, 4.69) is 9.97 Å². The maximum absolute atomic E-state index is 11.4. The molecule has 0 fully saturated rings. The number of carbonyl (C=O) groups is 1. The first kappa shape index (κ1) is 13.6. The van der Waals surface area contributed by atoms with Crippen molar-refractivity contribution in [2.45, 2.75) is 52.4 Å². The Bertz CT molecular complexity index is 439. The van der Waals surface area contributed by atoms with Gasteiger partial charge in [-0.1, -0.05) is 41.5 Å². The molecule has 1 heterocycles. The van der Waals surface area contributed by atoms with Crippen molar-refractivity contribution in [3.63, 3.8) is 0 Å². The van der Waals surface area contributed by atoms with Gasteiger partial charge < -0.3 is 5.73 Å². The topological polar surface area (TPSA) is 68.9 Å². The third kappa shape index (κ3) is 3.02. The molecule has 0 aliphatic carbocycles. The quantitative estimate of drug-likeness (QED) is 0.811. The first-order valence-corrected chi connectivity index (χ1v) is 5.71. The predicted octanol–water partition coefficient (Wildman–Crippen LogP) is 2.17. The van der Waals surface area contributed by atoms with E-state index in [0.29, 0.717) is 11.3 Å². The van der Waals surface area contributed by atoms with Crippen LogP contribution < -0.4 is 5.73 Å². The van der Waals surface area contributed by atoms with Crippen molar-refractivity contribution in [3.8, 4) is 0 Å². The van der Waals surface area contributed by atoms with Gasteiger partial charge in [-0.2, -0.15) is 0 Å². The summed E-state index contributed by atoms with van der Waals surface area (Å²) >= 11 is 0. The molecule has 1 amide bonds. The van der Waals surface area contributed by atoms with Crippen LogP contribution in [0.25, 0.3) is 0 Å². The molecule has 1 rings (SSSR count). The molecule has 0 aliphatic rings. The van der Waals surface area contributed by atoms with E-state index in [1.165, 1.54) is 6.20 Å². The van der Waals surface area contributed by atoms with E-state index in [0.717, 1.165) is 5.82 Å². The van der Waals surface area contributed by atoms with Gasteiger partial charge in [-0.15, -0.1) is 0 Å². The average Bonchev–Trinajstić information content (AvgIpc) is 2.14. The lowest BCUT2D eigenvalue weighted by atomic mass is 9.87. The summed E-state index contributed by atoms with van der Waals surface area (Å²) in [5.41, 5.74) is 6.10. The average molecular weight is 235 g/mol. The molecule has 1 aromatic rings. The molecular formula is C13H21N3O. The fourth-order valence-corrected chi connectivity index (χ4v) is 1.50. The minimum Gasteiger partial charge on any atom is -0.365 e. The zero-order valence-corrected chi connectivity index (χ0v) is 11.5. The number of hydrogen-bond donors (Lipinski definition) is 1. The number of rotatable bonds is 1. The highest BCUT2D eigenvalue weighted by Gasteiger charge is 2.26. The highest BCUT2D eigenvalue weighted by molar-refractivity contribution is 5.93. The fraction of sp³-hybridized carbons (Fsp3) is 0.615. The fourth-order valence-electron chi connectivity index (χ4n) is 1.50.